The van der Waals surface area contributed by atoms with Gasteiger partial charge in [0.25, 0.3) is 0 Å². The molecule has 6 heteroatoms. The topological polar surface area (TPSA) is 29.1 Å². The molecular weight excluding hydrogens is 287 g/mol. The van der Waals surface area contributed by atoms with Gasteiger partial charge in [0, 0.05) is 5.69 Å². The number of alkyl halides is 4. The fraction of sp³-hybridized carbons (Fsp3) is 0.300. The van der Waals surface area contributed by atoms with Crippen molar-refractivity contribution < 1.29 is 18.0 Å². The molecule has 0 heterocycles. The van der Waals surface area contributed by atoms with E-state index in [-0.39, 0.29) is 5.91 Å². The van der Waals surface area contributed by atoms with Gasteiger partial charge in [-0.05, 0) is 31.2 Å². The van der Waals surface area contributed by atoms with Crippen LogP contribution in [0.15, 0.2) is 24.3 Å². The molecule has 16 heavy (non-hydrogen) atoms. The predicted molar refractivity (Wildman–Crippen MR) is 58.5 cm³/mol. The number of nitrogens with one attached hydrogen (secondary N) is 1. The average Bonchev–Trinajstić information content (AvgIpc) is 2.17. The number of carbonyl (C=O) groups excluding carboxylic acids is 1. The first kappa shape index (κ1) is 13.0. The van der Waals surface area contributed by atoms with Crippen LogP contribution >= 0.6 is 15.9 Å². The van der Waals surface area contributed by atoms with Gasteiger partial charge < -0.3 is 5.32 Å². The summed E-state index contributed by atoms with van der Waals surface area (Å²) in [5.74, 6) is -0.306. The van der Waals surface area contributed by atoms with Crippen molar-refractivity contribution in [2.24, 2.45) is 0 Å². The lowest BCUT2D eigenvalue weighted by Gasteiger charge is -2.09. The molecule has 1 atom stereocenters. The predicted octanol–water partition coefficient (Wildman–Crippen LogP) is 3.43. The van der Waals surface area contributed by atoms with Crippen LogP contribution in [0.25, 0.3) is 0 Å². The second-order valence-electron chi connectivity index (χ2n) is 3.18. The van der Waals surface area contributed by atoms with Crippen molar-refractivity contribution >= 4 is 27.5 Å². The quantitative estimate of drug-likeness (QED) is 0.832. The number of anilines is 1. The van der Waals surface area contributed by atoms with Crippen LogP contribution in [-0.2, 0) is 11.0 Å². The van der Waals surface area contributed by atoms with E-state index in [0.29, 0.717) is 5.69 Å². The zero-order chi connectivity index (χ0) is 12.3. The largest absolute Gasteiger partial charge is 0.416 e. The minimum Gasteiger partial charge on any atom is -0.325 e. The van der Waals surface area contributed by atoms with Gasteiger partial charge in [-0.25, -0.2) is 0 Å². The number of benzene rings is 1. The third kappa shape index (κ3) is 3.52. The highest BCUT2D eigenvalue weighted by molar-refractivity contribution is 9.10. The molecule has 1 rings (SSSR count). The van der Waals surface area contributed by atoms with Crippen molar-refractivity contribution in [3.05, 3.63) is 29.8 Å². The lowest BCUT2D eigenvalue weighted by atomic mass is 10.2. The summed E-state index contributed by atoms with van der Waals surface area (Å²) in [4.78, 5) is 10.8. The summed E-state index contributed by atoms with van der Waals surface area (Å²) in [7, 11) is 0. The van der Waals surface area contributed by atoms with Gasteiger partial charge >= 0.3 is 6.18 Å². The van der Waals surface area contributed by atoms with Crippen LogP contribution in [0.4, 0.5) is 18.9 Å². The normalized spacial score (nSPS) is 13.3. The van der Waals surface area contributed by atoms with E-state index in [1.165, 1.54) is 12.1 Å². The highest BCUT2D eigenvalue weighted by Gasteiger charge is 2.29. The zero-order valence-electron chi connectivity index (χ0n) is 8.31. The van der Waals surface area contributed by atoms with E-state index in [4.69, 9.17) is 0 Å². The van der Waals surface area contributed by atoms with Gasteiger partial charge in [0.05, 0.1) is 10.4 Å². The van der Waals surface area contributed by atoms with Crippen molar-refractivity contribution in [2.45, 2.75) is 17.9 Å². The molecule has 0 aliphatic carbocycles. The van der Waals surface area contributed by atoms with Crippen LogP contribution in [0.3, 0.4) is 0 Å². The van der Waals surface area contributed by atoms with Crippen molar-refractivity contribution in [1.82, 2.24) is 0 Å². The Kier molecular flexibility index (Phi) is 3.96. The molecule has 1 aromatic rings. The number of halogens is 4. The number of hydrogen-bond donors (Lipinski definition) is 1. The summed E-state index contributed by atoms with van der Waals surface area (Å²) in [6, 6.07) is 4.29. The molecule has 0 fully saturated rings. The van der Waals surface area contributed by atoms with Crippen molar-refractivity contribution in [3.63, 3.8) is 0 Å². The molecule has 2 nitrogen and oxygen atoms in total. The van der Waals surface area contributed by atoms with Gasteiger partial charge in [0.2, 0.25) is 5.91 Å². The molecule has 0 aliphatic rings. The molecule has 0 bridgehead atoms. The van der Waals surface area contributed by atoms with Crippen LogP contribution in [0.2, 0.25) is 0 Å². The molecular formula is C10H9BrF3NO. The Balaban J connectivity index is 2.76. The van der Waals surface area contributed by atoms with E-state index >= 15 is 0 Å². The molecule has 1 aromatic carbocycles. The lowest BCUT2D eigenvalue weighted by Crippen LogP contribution is -2.19. The van der Waals surface area contributed by atoms with Gasteiger partial charge in [-0.2, -0.15) is 13.2 Å². The first-order chi connectivity index (χ1) is 7.30. The molecule has 1 unspecified atom stereocenters. The van der Waals surface area contributed by atoms with E-state index in [0.717, 1.165) is 12.1 Å². The molecule has 88 valence electrons. The minimum atomic E-state index is -4.36. The Morgan fingerprint density at radius 3 is 2.19 bits per heavy atom. The smallest absolute Gasteiger partial charge is 0.325 e. The fourth-order valence-electron chi connectivity index (χ4n) is 0.984. The van der Waals surface area contributed by atoms with Gasteiger partial charge in [-0.1, -0.05) is 15.9 Å². The summed E-state index contributed by atoms with van der Waals surface area (Å²) in [5.41, 5.74) is -0.401. The highest BCUT2D eigenvalue weighted by Crippen LogP contribution is 2.29. The van der Waals surface area contributed by atoms with Gasteiger partial charge in [0.1, 0.15) is 0 Å². The van der Waals surface area contributed by atoms with Crippen molar-refractivity contribution in [3.8, 4) is 0 Å². The van der Waals surface area contributed by atoms with Crippen LogP contribution in [0.1, 0.15) is 12.5 Å². The van der Waals surface area contributed by atoms with E-state index < -0.39 is 16.6 Å². The lowest BCUT2D eigenvalue weighted by molar-refractivity contribution is -0.137. The van der Waals surface area contributed by atoms with E-state index in [1.54, 1.807) is 6.92 Å². The maximum atomic E-state index is 12.2. The van der Waals surface area contributed by atoms with Crippen molar-refractivity contribution in [1.29, 1.82) is 0 Å². The Hall–Kier alpha value is -1.04. The first-order valence-electron chi connectivity index (χ1n) is 4.43. The zero-order valence-corrected chi connectivity index (χ0v) is 9.89. The van der Waals surface area contributed by atoms with Gasteiger partial charge in [0.15, 0.2) is 0 Å². The standard InChI is InChI=1S/C10H9BrF3NO/c1-6(11)9(16)15-8-4-2-7(3-5-8)10(12,13)14/h2-6H,1H3,(H,15,16). The molecule has 0 aliphatic heterocycles. The molecule has 0 aromatic heterocycles. The Morgan fingerprint density at radius 1 is 1.31 bits per heavy atom. The molecule has 1 N–H and O–H groups in total. The molecule has 1 amide bonds. The van der Waals surface area contributed by atoms with Gasteiger partial charge in [-0.3, -0.25) is 4.79 Å². The van der Waals surface area contributed by atoms with Crippen molar-refractivity contribution in [2.75, 3.05) is 5.32 Å². The summed E-state index contributed by atoms with van der Waals surface area (Å²) in [5, 5.41) is 2.47. The summed E-state index contributed by atoms with van der Waals surface area (Å²) in [6.45, 7) is 1.62. The fourth-order valence-corrected chi connectivity index (χ4v) is 1.10. The third-order valence-electron chi connectivity index (χ3n) is 1.84. The second kappa shape index (κ2) is 4.86. The minimum absolute atomic E-state index is 0.306. The Morgan fingerprint density at radius 2 is 1.81 bits per heavy atom. The summed E-state index contributed by atoms with van der Waals surface area (Å²) < 4.78 is 36.6. The number of amides is 1. The monoisotopic (exact) mass is 295 g/mol. The second-order valence-corrected chi connectivity index (χ2v) is 4.55. The van der Waals surface area contributed by atoms with Crippen LogP contribution in [-0.4, -0.2) is 10.7 Å². The van der Waals surface area contributed by atoms with Crippen LogP contribution in [0, 0.1) is 0 Å². The maximum Gasteiger partial charge on any atom is 0.416 e. The van der Waals surface area contributed by atoms with Gasteiger partial charge in [-0.15, -0.1) is 0 Å². The van der Waals surface area contributed by atoms with E-state index in [9.17, 15) is 18.0 Å². The molecule has 0 radical (unpaired) electrons. The number of rotatable bonds is 2. The van der Waals surface area contributed by atoms with Crippen LogP contribution in [0.5, 0.6) is 0 Å². The number of hydrogen-bond acceptors (Lipinski definition) is 1. The first-order valence-corrected chi connectivity index (χ1v) is 5.34. The molecule has 0 saturated carbocycles. The summed E-state index contributed by atoms with van der Waals surface area (Å²) >= 11 is 3.05. The van der Waals surface area contributed by atoms with E-state index in [1.807, 2.05) is 0 Å². The van der Waals surface area contributed by atoms with E-state index in [2.05, 4.69) is 21.2 Å². The SMILES string of the molecule is CC(Br)C(=O)Nc1ccc(C(F)(F)F)cc1. The highest BCUT2D eigenvalue weighted by atomic mass is 79.9. The Bertz CT molecular complexity index is 373. The number of carbonyl (C=O) groups is 1. The maximum absolute atomic E-state index is 12.2. The Labute approximate surface area is 99.0 Å². The molecule has 0 spiro atoms. The third-order valence-corrected chi connectivity index (χ3v) is 2.26. The summed E-state index contributed by atoms with van der Waals surface area (Å²) in [6.07, 6.45) is -4.36. The average molecular weight is 296 g/mol. The van der Waals surface area contributed by atoms with Crippen LogP contribution < -0.4 is 5.32 Å². The molecule has 0 saturated heterocycles.